The molecule has 0 spiro atoms. The normalized spacial score (nSPS) is 30.6. The Labute approximate surface area is 191 Å². The molecule has 1 heteroatoms. The van der Waals surface area contributed by atoms with Gasteiger partial charge in [-0.3, -0.25) is 0 Å². The molecule has 0 amide bonds. The van der Waals surface area contributed by atoms with Crippen LogP contribution in [0.15, 0.2) is 12.1 Å². The summed E-state index contributed by atoms with van der Waals surface area (Å²) in [6.07, 6.45) is 22.7. The SMILES string of the molecule is CCCCCCC1CCC2CC(c3cc(F)c4c(c3)CCC(CCCC)C4)CCC2C1. The molecule has 1 aromatic carbocycles. The average molecular weight is 427 g/mol. The second kappa shape index (κ2) is 11.3. The maximum Gasteiger partial charge on any atom is 0.126 e. The topological polar surface area (TPSA) is 0 Å². The number of benzene rings is 1. The van der Waals surface area contributed by atoms with Crippen molar-refractivity contribution in [3.8, 4) is 0 Å². The first kappa shape index (κ1) is 23.3. The molecule has 5 unspecified atom stereocenters. The molecule has 0 N–H and O–H groups in total. The summed E-state index contributed by atoms with van der Waals surface area (Å²) < 4.78 is 15.1. The van der Waals surface area contributed by atoms with E-state index in [1.54, 1.807) is 0 Å². The summed E-state index contributed by atoms with van der Waals surface area (Å²) in [5, 5.41) is 0. The van der Waals surface area contributed by atoms with Crippen LogP contribution in [-0.4, -0.2) is 0 Å². The highest BCUT2D eigenvalue weighted by molar-refractivity contribution is 5.37. The van der Waals surface area contributed by atoms with Crippen molar-refractivity contribution in [2.45, 2.75) is 129 Å². The van der Waals surface area contributed by atoms with Gasteiger partial charge >= 0.3 is 0 Å². The Kier molecular flexibility index (Phi) is 8.52. The molecule has 31 heavy (non-hydrogen) atoms. The summed E-state index contributed by atoms with van der Waals surface area (Å²) in [6, 6.07) is 4.38. The molecule has 0 aromatic heterocycles. The molecule has 0 saturated heterocycles. The number of halogens is 1. The van der Waals surface area contributed by atoms with Gasteiger partial charge in [0.2, 0.25) is 0 Å². The van der Waals surface area contributed by atoms with E-state index in [0.717, 1.165) is 36.2 Å². The number of hydrogen-bond acceptors (Lipinski definition) is 0. The Bertz CT molecular complexity index is 692. The minimum absolute atomic E-state index is 0.117. The van der Waals surface area contributed by atoms with Crippen molar-refractivity contribution in [3.05, 3.63) is 34.6 Å². The van der Waals surface area contributed by atoms with Crippen molar-refractivity contribution in [2.24, 2.45) is 23.7 Å². The van der Waals surface area contributed by atoms with Crippen LogP contribution in [0.4, 0.5) is 4.39 Å². The predicted molar refractivity (Wildman–Crippen MR) is 131 cm³/mol. The van der Waals surface area contributed by atoms with Gasteiger partial charge in [-0.25, -0.2) is 4.39 Å². The van der Waals surface area contributed by atoms with E-state index in [1.165, 1.54) is 107 Å². The molecule has 4 rings (SSSR count). The lowest BCUT2D eigenvalue weighted by Gasteiger charge is -2.42. The predicted octanol–water partition coefficient (Wildman–Crippen LogP) is 9.39. The Hall–Kier alpha value is -0.850. The van der Waals surface area contributed by atoms with E-state index in [0.29, 0.717) is 11.8 Å². The number of rotatable bonds is 9. The molecule has 174 valence electrons. The fourth-order valence-corrected chi connectivity index (χ4v) is 7.30. The maximum absolute atomic E-state index is 15.1. The van der Waals surface area contributed by atoms with E-state index in [2.05, 4.69) is 19.9 Å². The molecule has 2 saturated carbocycles. The molecule has 3 aliphatic rings. The summed E-state index contributed by atoms with van der Waals surface area (Å²) >= 11 is 0. The van der Waals surface area contributed by atoms with Crippen LogP contribution in [-0.2, 0) is 12.8 Å². The van der Waals surface area contributed by atoms with Crippen LogP contribution in [0.2, 0.25) is 0 Å². The molecule has 5 atom stereocenters. The first-order valence-electron chi connectivity index (χ1n) is 14.0. The van der Waals surface area contributed by atoms with E-state index < -0.39 is 0 Å². The van der Waals surface area contributed by atoms with Crippen LogP contribution in [0.5, 0.6) is 0 Å². The summed E-state index contributed by atoms with van der Waals surface area (Å²) in [5.74, 6) is 4.30. The summed E-state index contributed by atoms with van der Waals surface area (Å²) in [5.41, 5.74) is 3.75. The van der Waals surface area contributed by atoms with Gasteiger partial charge in [-0.1, -0.05) is 77.7 Å². The Morgan fingerprint density at radius 2 is 1.55 bits per heavy atom. The zero-order valence-corrected chi connectivity index (χ0v) is 20.4. The number of unbranched alkanes of at least 4 members (excludes halogenated alkanes) is 4. The second-order valence-corrected chi connectivity index (χ2v) is 11.5. The average Bonchev–Trinajstić information content (AvgIpc) is 2.80. The lowest BCUT2D eigenvalue weighted by Crippen LogP contribution is -2.30. The van der Waals surface area contributed by atoms with Gasteiger partial charge in [-0.15, -0.1) is 0 Å². The van der Waals surface area contributed by atoms with E-state index in [4.69, 9.17) is 0 Å². The molecule has 0 aliphatic heterocycles. The van der Waals surface area contributed by atoms with Crippen molar-refractivity contribution in [2.75, 3.05) is 0 Å². The minimum Gasteiger partial charge on any atom is -0.207 e. The quantitative estimate of drug-likeness (QED) is 0.345. The van der Waals surface area contributed by atoms with Crippen molar-refractivity contribution < 1.29 is 4.39 Å². The molecule has 0 radical (unpaired) electrons. The van der Waals surface area contributed by atoms with E-state index >= 15 is 4.39 Å². The van der Waals surface area contributed by atoms with E-state index in [1.807, 2.05) is 6.07 Å². The summed E-state index contributed by atoms with van der Waals surface area (Å²) in [4.78, 5) is 0. The van der Waals surface area contributed by atoms with Crippen molar-refractivity contribution in [3.63, 3.8) is 0 Å². The molecular weight excluding hydrogens is 379 g/mol. The van der Waals surface area contributed by atoms with Gasteiger partial charge in [0, 0.05) is 0 Å². The molecular formula is C30H47F. The van der Waals surface area contributed by atoms with Gasteiger partial charge in [0.1, 0.15) is 5.82 Å². The lowest BCUT2D eigenvalue weighted by molar-refractivity contribution is 0.113. The molecule has 0 heterocycles. The van der Waals surface area contributed by atoms with Gasteiger partial charge < -0.3 is 0 Å². The maximum atomic E-state index is 15.1. The van der Waals surface area contributed by atoms with E-state index in [9.17, 15) is 0 Å². The molecule has 0 bridgehead atoms. The standard InChI is InChI=1S/C30H47F/c1-3-5-7-8-10-22-11-13-25-19-26(16-15-24(25)17-22)28-20-27-14-12-23(9-6-4-2)18-29(27)30(31)21-28/h20-26H,3-19H2,1-2H3. The smallest absolute Gasteiger partial charge is 0.126 e. The minimum atomic E-state index is 0.117. The highest BCUT2D eigenvalue weighted by atomic mass is 19.1. The Morgan fingerprint density at radius 3 is 2.39 bits per heavy atom. The third kappa shape index (κ3) is 5.94. The fourth-order valence-electron chi connectivity index (χ4n) is 7.30. The first-order chi connectivity index (χ1) is 15.2. The monoisotopic (exact) mass is 426 g/mol. The molecule has 0 nitrogen and oxygen atoms in total. The number of aryl methyl sites for hydroxylation is 1. The zero-order valence-electron chi connectivity index (χ0n) is 20.4. The van der Waals surface area contributed by atoms with Crippen LogP contribution in [0, 0.1) is 29.5 Å². The molecule has 3 aliphatic carbocycles. The van der Waals surface area contributed by atoms with Gasteiger partial charge in [-0.2, -0.15) is 0 Å². The zero-order chi connectivity index (χ0) is 21.6. The highest BCUT2D eigenvalue weighted by Gasteiger charge is 2.36. The van der Waals surface area contributed by atoms with Crippen molar-refractivity contribution >= 4 is 0 Å². The number of fused-ring (bicyclic) bond motifs is 2. The van der Waals surface area contributed by atoms with Crippen LogP contribution >= 0.6 is 0 Å². The Morgan fingerprint density at radius 1 is 0.774 bits per heavy atom. The largest absolute Gasteiger partial charge is 0.207 e. The Balaban J connectivity index is 1.33. The van der Waals surface area contributed by atoms with Gasteiger partial charge in [0.15, 0.2) is 0 Å². The second-order valence-electron chi connectivity index (χ2n) is 11.5. The van der Waals surface area contributed by atoms with Crippen molar-refractivity contribution in [1.82, 2.24) is 0 Å². The highest BCUT2D eigenvalue weighted by Crippen LogP contribution is 2.49. The molecule has 1 aromatic rings. The third-order valence-electron chi connectivity index (χ3n) is 9.25. The summed E-state index contributed by atoms with van der Waals surface area (Å²) in [6.45, 7) is 4.57. The lowest BCUT2D eigenvalue weighted by atomic mass is 9.63. The van der Waals surface area contributed by atoms with Gasteiger partial charge in [0.25, 0.3) is 0 Å². The third-order valence-corrected chi connectivity index (χ3v) is 9.25. The fraction of sp³-hybridized carbons (Fsp3) is 0.800. The van der Waals surface area contributed by atoms with Crippen LogP contribution in [0.25, 0.3) is 0 Å². The molecule has 2 fully saturated rings. The van der Waals surface area contributed by atoms with Crippen LogP contribution in [0.3, 0.4) is 0 Å². The number of hydrogen-bond donors (Lipinski definition) is 0. The summed E-state index contributed by atoms with van der Waals surface area (Å²) in [7, 11) is 0. The van der Waals surface area contributed by atoms with Gasteiger partial charge in [0.05, 0.1) is 0 Å². The van der Waals surface area contributed by atoms with Crippen LogP contribution in [0.1, 0.15) is 133 Å². The first-order valence-corrected chi connectivity index (χ1v) is 14.0. The van der Waals surface area contributed by atoms with E-state index in [-0.39, 0.29) is 5.82 Å². The van der Waals surface area contributed by atoms with Crippen molar-refractivity contribution in [1.29, 1.82) is 0 Å². The van der Waals surface area contributed by atoms with Gasteiger partial charge in [-0.05, 0) is 104 Å². The van der Waals surface area contributed by atoms with Crippen LogP contribution < -0.4 is 0 Å².